The minimum absolute atomic E-state index is 0.297. The van der Waals surface area contributed by atoms with Crippen molar-refractivity contribution in [3.8, 4) is 11.3 Å². The summed E-state index contributed by atoms with van der Waals surface area (Å²) in [4.78, 5) is 9.41. The minimum atomic E-state index is 0.297. The number of nitrogens with zero attached hydrogens (tertiary/aromatic N) is 6. The van der Waals surface area contributed by atoms with Gasteiger partial charge in [0.1, 0.15) is 0 Å². The van der Waals surface area contributed by atoms with Gasteiger partial charge in [0.05, 0.1) is 17.1 Å². The van der Waals surface area contributed by atoms with Gasteiger partial charge < -0.3 is 5.32 Å². The molecule has 0 spiro atoms. The topological polar surface area (TPSA) is 73.5 Å². The highest BCUT2D eigenvalue weighted by Gasteiger charge is 2.26. The highest BCUT2D eigenvalue weighted by molar-refractivity contribution is 6.31. The molecule has 0 radical (unpaired) electrons. The Morgan fingerprint density at radius 3 is 2.74 bits per heavy atom. The summed E-state index contributed by atoms with van der Waals surface area (Å²) < 4.78 is 3.87. The third-order valence-electron chi connectivity index (χ3n) is 5.66. The molecule has 0 bridgehead atoms. The fourth-order valence-corrected chi connectivity index (χ4v) is 4.22. The molecule has 5 rings (SSSR count). The number of aryl methyl sites for hydroxylation is 3. The van der Waals surface area contributed by atoms with Crippen molar-refractivity contribution < 1.29 is 0 Å². The summed E-state index contributed by atoms with van der Waals surface area (Å²) >= 11 is 6.44. The highest BCUT2D eigenvalue weighted by atomic mass is 35.5. The van der Waals surface area contributed by atoms with Crippen molar-refractivity contribution in [1.29, 1.82) is 0 Å². The lowest BCUT2D eigenvalue weighted by Gasteiger charge is -2.17. The largest absolute Gasteiger partial charge is 0.307 e. The van der Waals surface area contributed by atoms with Crippen LogP contribution >= 0.6 is 11.6 Å². The van der Waals surface area contributed by atoms with E-state index in [4.69, 9.17) is 21.7 Å². The summed E-state index contributed by atoms with van der Waals surface area (Å²) in [5, 5.41) is 13.3. The van der Waals surface area contributed by atoms with E-state index < -0.39 is 0 Å². The lowest BCUT2D eigenvalue weighted by Crippen LogP contribution is -2.09. The van der Waals surface area contributed by atoms with Gasteiger partial charge in [-0.15, -0.1) is 0 Å². The second-order valence-corrected chi connectivity index (χ2v) is 8.53. The molecule has 0 amide bonds. The SMILES string of the molecule is CC(C)n1ccc(Nc2ncc3c(n2)-c2c(nn(C)c2Cc2ccccc2Cl)CC3)n1. The lowest BCUT2D eigenvalue weighted by atomic mass is 9.91. The van der Waals surface area contributed by atoms with E-state index in [1.165, 1.54) is 0 Å². The number of fused-ring (bicyclic) bond motifs is 3. The number of hydrogen-bond donors (Lipinski definition) is 1. The van der Waals surface area contributed by atoms with Crippen molar-refractivity contribution in [2.75, 3.05) is 5.32 Å². The quantitative estimate of drug-likeness (QED) is 0.492. The minimum Gasteiger partial charge on any atom is -0.307 e. The van der Waals surface area contributed by atoms with E-state index >= 15 is 0 Å². The molecule has 0 fully saturated rings. The van der Waals surface area contributed by atoms with Gasteiger partial charge in [-0.3, -0.25) is 9.36 Å². The number of anilines is 2. The zero-order chi connectivity index (χ0) is 21.5. The second kappa shape index (κ2) is 7.81. The number of hydrogen-bond acceptors (Lipinski definition) is 5. The third kappa shape index (κ3) is 3.70. The molecule has 1 aliphatic carbocycles. The molecule has 31 heavy (non-hydrogen) atoms. The number of halogens is 1. The molecule has 4 aromatic rings. The summed E-state index contributed by atoms with van der Waals surface area (Å²) in [6, 6.07) is 10.2. The van der Waals surface area contributed by atoms with Crippen LogP contribution in [0.1, 0.15) is 42.4 Å². The van der Waals surface area contributed by atoms with Gasteiger partial charge in [-0.05, 0) is 43.9 Å². The molecule has 1 aromatic carbocycles. The van der Waals surface area contributed by atoms with Crippen LogP contribution in [-0.4, -0.2) is 29.5 Å². The first-order valence-electron chi connectivity index (χ1n) is 10.5. The molecule has 7 nitrogen and oxygen atoms in total. The van der Waals surface area contributed by atoms with Gasteiger partial charge in [0.25, 0.3) is 0 Å². The molecule has 0 saturated heterocycles. The number of rotatable bonds is 5. The predicted octanol–water partition coefficient (Wildman–Crippen LogP) is 4.74. The first kappa shape index (κ1) is 19.8. The van der Waals surface area contributed by atoms with E-state index in [2.05, 4.69) is 35.3 Å². The van der Waals surface area contributed by atoms with Crippen molar-refractivity contribution in [2.24, 2.45) is 7.05 Å². The summed E-state index contributed by atoms with van der Waals surface area (Å²) in [7, 11) is 1.99. The Kier molecular flexibility index (Phi) is 4.98. The van der Waals surface area contributed by atoms with E-state index in [0.29, 0.717) is 18.4 Å². The van der Waals surface area contributed by atoms with Crippen LogP contribution < -0.4 is 5.32 Å². The van der Waals surface area contributed by atoms with Crippen LogP contribution in [0.4, 0.5) is 11.8 Å². The van der Waals surface area contributed by atoms with Crippen LogP contribution in [0.15, 0.2) is 42.7 Å². The molecule has 1 aliphatic rings. The fourth-order valence-electron chi connectivity index (χ4n) is 4.02. The normalized spacial score (nSPS) is 12.7. The molecular weight excluding hydrogens is 410 g/mol. The summed E-state index contributed by atoms with van der Waals surface area (Å²) in [5.74, 6) is 1.26. The Bertz CT molecular complexity index is 1250. The van der Waals surface area contributed by atoms with Crippen molar-refractivity contribution >= 4 is 23.4 Å². The summed E-state index contributed by atoms with van der Waals surface area (Å²) in [6.45, 7) is 4.19. The Morgan fingerprint density at radius 2 is 1.97 bits per heavy atom. The maximum Gasteiger partial charge on any atom is 0.228 e. The average Bonchev–Trinajstić information content (AvgIpc) is 3.34. The van der Waals surface area contributed by atoms with E-state index in [1.54, 1.807) is 0 Å². The summed E-state index contributed by atoms with van der Waals surface area (Å²) in [5.41, 5.74) is 6.44. The molecule has 0 unspecified atom stereocenters. The first-order valence-corrected chi connectivity index (χ1v) is 10.8. The zero-order valence-corrected chi connectivity index (χ0v) is 18.6. The van der Waals surface area contributed by atoms with Crippen LogP contribution in [0.3, 0.4) is 0 Å². The lowest BCUT2D eigenvalue weighted by molar-refractivity contribution is 0.534. The Hall–Kier alpha value is -3.19. The highest BCUT2D eigenvalue weighted by Crippen LogP contribution is 2.36. The van der Waals surface area contributed by atoms with Gasteiger partial charge in [-0.2, -0.15) is 10.2 Å². The number of benzene rings is 1. The molecular formula is C23H24ClN7. The standard InChI is InChI=1S/C23H24ClN7/c1-14(2)31-11-10-20(29-31)26-23-25-13-16-8-9-18-21(22(16)27-23)19(30(3)28-18)12-15-6-4-5-7-17(15)24/h4-7,10-11,13-14H,8-9,12H2,1-3H3,(H,25,26,27,29). The molecule has 3 heterocycles. The molecule has 1 N–H and O–H groups in total. The zero-order valence-electron chi connectivity index (χ0n) is 17.8. The monoisotopic (exact) mass is 433 g/mol. The van der Waals surface area contributed by atoms with E-state index in [-0.39, 0.29) is 0 Å². The van der Waals surface area contributed by atoms with Crippen LogP contribution in [0.5, 0.6) is 0 Å². The second-order valence-electron chi connectivity index (χ2n) is 8.13. The van der Waals surface area contributed by atoms with Crippen molar-refractivity contribution in [2.45, 2.75) is 39.2 Å². The van der Waals surface area contributed by atoms with Crippen LogP contribution in [-0.2, 0) is 26.3 Å². The van der Waals surface area contributed by atoms with Crippen LogP contribution in [0.2, 0.25) is 5.02 Å². The maximum absolute atomic E-state index is 6.44. The first-order chi connectivity index (χ1) is 15.0. The van der Waals surface area contributed by atoms with Crippen molar-refractivity contribution in [3.63, 3.8) is 0 Å². The van der Waals surface area contributed by atoms with E-state index in [1.807, 2.05) is 53.1 Å². The number of aromatic nitrogens is 6. The average molecular weight is 434 g/mol. The number of nitrogens with one attached hydrogen (secondary N) is 1. The van der Waals surface area contributed by atoms with E-state index in [0.717, 1.165) is 57.5 Å². The molecule has 8 heteroatoms. The summed E-state index contributed by atoms with van der Waals surface area (Å²) in [6.07, 6.45) is 6.33. The smallest absolute Gasteiger partial charge is 0.228 e. The maximum atomic E-state index is 6.44. The van der Waals surface area contributed by atoms with E-state index in [9.17, 15) is 0 Å². The van der Waals surface area contributed by atoms with Gasteiger partial charge >= 0.3 is 0 Å². The fraction of sp³-hybridized carbons (Fsp3) is 0.304. The van der Waals surface area contributed by atoms with Crippen LogP contribution in [0, 0.1) is 0 Å². The van der Waals surface area contributed by atoms with Gasteiger partial charge in [0.2, 0.25) is 5.95 Å². The Balaban J connectivity index is 1.53. The van der Waals surface area contributed by atoms with Gasteiger partial charge in [-0.25, -0.2) is 9.97 Å². The molecule has 158 valence electrons. The Morgan fingerprint density at radius 1 is 1.13 bits per heavy atom. The van der Waals surface area contributed by atoms with Gasteiger partial charge in [0.15, 0.2) is 5.82 Å². The van der Waals surface area contributed by atoms with Gasteiger partial charge in [0, 0.05) is 48.6 Å². The van der Waals surface area contributed by atoms with Crippen molar-refractivity contribution in [3.05, 3.63) is 70.3 Å². The third-order valence-corrected chi connectivity index (χ3v) is 6.03. The van der Waals surface area contributed by atoms with Gasteiger partial charge in [-0.1, -0.05) is 29.8 Å². The molecule has 0 aliphatic heterocycles. The molecule has 3 aromatic heterocycles. The van der Waals surface area contributed by atoms with Crippen LogP contribution in [0.25, 0.3) is 11.3 Å². The molecule has 0 saturated carbocycles. The Labute approximate surface area is 186 Å². The molecule has 0 atom stereocenters. The predicted molar refractivity (Wildman–Crippen MR) is 122 cm³/mol. The van der Waals surface area contributed by atoms with Crippen molar-refractivity contribution in [1.82, 2.24) is 29.5 Å².